The van der Waals surface area contributed by atoms with Crippen molar-refractivity contribution in [1.29, 1.82) is 0 Å². The van der Waals surface area contributed by atoms with E-state index in [-0.39, 0.29) is 17.3 Å². The normalized spacial score (nSPS) is 20.9. The van der Waals surface area contributed by atoms with Gasteiger partial charge >= 0.3 is 0 Å². The Bertz CT molecular complexity index is 1190. The highest BCUT2D eigenvalue weighted by Gasteiger charge is 2.24. The number of Topliss-reactive ketones (excluding diaryl/α,β-unsaturated/α-hetero) is 1. The molecule has 1 saturated carbocycles. The molecule has 0 unspecified atom stereocenters. The average Bonchev–Trinajstić information content (AvgIpc) is 3.31. The zero-order valence-corrected chi connectivity index (χ0v) is 23.9. The van der Waals surface area contributed by atoms with Gasteiger partial charge in [-0.05, 0) is 112 Å². The van der Waals surface area contributed by atoms with Crippen LogP contribution >= 0.6 is 0 Å². The number of hydrogen-bond donors (Lipinski definition) is 2. The van der Waals surface area contributed by atoms with Crippen LogP contribution in [-0.2, 0) is 17.9 Å². The van der Waals surface area contributed by atoms with Gasteiger partial charge in [-0.2, -0.15) is 0 Å². The van der Waals surface area contributed by atoms with Crippen LogP contribution in [0.3, 0.4) is 0 Å². The first-order valence-electron chi connectivity index (χ1n) is 14.7. The van der Waals surface area contributed by atoms with E-state index in [4.69, 9.17) is 9.47 Å². The highest BCUT2D eigenvalue weighted by molar-refractivity contribution is 6.15. The maximum atomic E-state index is 13.4. The summed E-state index contributed by atoms with van der Waals surface area (Å²) in [4.78, 5) is 18.2. The van der Waals surface area contributed by atoms with E-state index in [1.165, 1.54) is 38.5 Å². The number of piperidine rings is 2. The highest BCUT2D eigenvalue weighted by Crippen LogP contribution is 2.37. The second-order valence-electron chi connectivity index (χ2n) is 11.3. The summed E-state index contributed by atoms with van der Waals surface area (Å²) in [5.74, 6) is 1.25. The third kappa shape index (κ3) is 6.53. The monoisotopic (exact) mass is 546 g/mol. The number of allylic oxidation sites excluding steroid dienone is 2. The molecule has 2 aromatic carbocycles. The first kappa shape index (κ1) is 28.2. The average molecular weight is 547 g/mol. The van der Waals surface area contributed by atoms with Gasteiger partial charge in [0.25, 0.3) is 0 Å². The fraction of sp³-hybridized carbons (Fsp3) is 0.485. The van der Waals surface area contributed by atoms with Crippen LogP contribution < -0.4 is 9.47 Å². The van der Waals surface area contributed by atoms with Gasteiger partial charge in [0.15, 0.2) is 28.8 Å². The molecule has 0 spiro atoms. The Morgan fingerprint density at radius 1 is 0.675 bits per heavy atom. The number of nitrogens with zero attached hydrogens (tertiary/aromatic N) is 2. The lowest BCUT2D eigenvalue weighted by Crippen LogP contribution is -2.29. The van der Waals surface area contributed by atoms with Crippen LogP contribution in [0, 0.1) is 0 Å². The van der Waals surface area contributed by atoms with Crippen LogP contribution in [0.2, 0.25) is 0 Å². The van der Waals surface area contributed by atoms with Crippen LogP contribution in [-0.4, -0.2) is 66.2 Å². The van der Waals surface area contributed by atoms with Gasteiger partial charge in [0.05, 0.1) is 14.2 Å². The Kier molecular flexibility index (Phi) is 9.12. The van der Waals surface area contributed by atoms with Gasteiger partial charge in [0.2, 0.25) is 0 Å². The molecule has 5 rings (SSSR count). The summed E-state index contributed by atoms with van der Waals surface area (Å²) in [7, 11) is 3.12. The smallest absolute Gasteiger partial charge is 0.185 e. The molecular weight excluding hydrogens is 504 g/mol. The lowest BCUT2D eigenvalue weighted by Gasteiger charge is -2.27. The molecule has 2 N–H and O–H groups in total. The van der Waals surface area contributed by atoms with Crippen LogP contribution in [0.5, 0.6) is 23.0 Å². The maximum absolute atomic E-state index is 13.4. The topological polar surface area (TPSA) is 82.5 Å². The summed E-state index contributed by atoms with van der Waals surface area (Å²) in [6, 6.07) is 7.56. The Balaban J connectivity index is 1.38. The Morgan fingerprint density at radius 2 is 1.07 bits per heavy atom. The van der Waals surface area contributed by atoms with Crippen molar-refractivity contribution in [2.75, 3.05) is 40.4 Å². The maximum Gasteiger partial charge on any atom is 0.185 e. The summed E-state index contributed by atoms with van der Waals surface area (Å²) in [6.07, 6.45) is 12.4. The van der Waals surface area contributed by atoms with Gasteiger partial charge in [0.1, 0.15) is 0 Å². The lowest BCUT2D eigenvalue weighted by atomic mass is 10.0. The molecule has 0 aromatic heterocycles. The van der Waals surface area contributed by atoms with Crippen molar-refractivity contribution in [2.24, 2.45) is 0 Å². The molecule has 2 aromatic rings. The third-order valence-corrected chi connectivity index (χ3v) is 8.41. The van der Waals surface area contributed by atoms with Crippen LogP contribution in [0.4, 0.5) is 0 Å². The Labute approximate surface area is 237 Å². The van der Waals surface area contributed by atoms with E-state index in [9.17, 15) is 15.0 Å². The van der Waals surface area contributed by atoms with Crippen molar-refractivity contribution in [3.8, 4) is 23.0 Å². The Morgan fingerprint density at radius 3 is 1.45 bits per heavy atom. The number of ether oxygens (including phenoxy) is 2. The summed E-state index contributed by atoms with van der Waals surface area (Å²) >= 11 is 0. The SMILES string of the molecule is COc1cc(/C=C2\CC/C(=C\c3cc(CN4CCCCC4)c(O)c(OC)c3)C2=O)cc(CN2CCCCC2)c1O. The highest BCUT2D eigenvalue weighted by atomic mass is 16.5. The predicted molar refractivity (Wildman–Crippen MR) is 158 cm³/mol. The molecule has 7 heteroatoms. The summed E-state index contributed by atoms with van der Waals surface area (Å²) in [6.45, 7) is 5.45. The molecule has 0 bridgehead atoms. The summed E-state index contributed by atoms with van der Waals surface area (Å²) in [5.41, 5.74) is 4.88. The number of carbonyl (C=O) groups is 1. The van der Waals surface area contributed by atoms with Crippen molar-refractivity contribution < 1.29 is 24.5 Å². The number of aromatic hydroxyl groups is 2. The molecular formula is C33H42N2O5. The van der Waals surface area contributed by atoms with Crippen molar-refractivity contribution in [3.05, 3.63) is 57.7 Å². The number of ketones is 1. The van der Waals surface area contributed by atoms with Gasteiger partial charge in [-0.15, -0.1) is 0 Å². The van der Waals surface area contributed by atoms with Gasteiger partial charge in [0, 0.05) is 35.4 Å². The zero-order chi connectivity index (χ0) is 28.1. The standard InChI is InChI=1S/C33H42N2O5/c1-39-29-19-23(17-27(32(29)37)21-34-11-5-3-6-12-34)15-25-9-10-26(31(25)36)16-24-18-28(33(38)30(20-24)40-2)22-35-13-7-4-8-14-35/h15-20,37-38H,3-14,21-22H2,1-2H3/b25-15+,26-16+. The lowest BCUT2D eigenvalue weighted by molar-refractivity contribution is -0.111. The van der Waals surface area contributed by atoms with E-state index in [2.05, 4.69) is 9.80 Å². The second-order valence-corrected chi connectivity index (χ2v) is 11.3. The number of carbonyl (C=O) groups excluding carboxylic acids is 1. The van der Waals surface area contributed by atoms with Gasteiger partial charge < -0.3 is 19.7 Å². The van der Waals surface area contributed by atoms with E-state index in [0.717, 1.165) is 59.6 Å². The van der Waals surface area contributed by atoms with Gasteiger partial charge in [-0.25, -0.2) is 0 Å². The Hall–Kier alpha value is -3.29. The van der Waals surface area contributed by atoms with E-state index < -0.39 is 0 Å². The van der Waals surface area contributed by atoms with Crippen molar-refractivity contribution in [1.82, 2.24) is 9.80 Å². The molecule has 1 aliphatic carbocycles. The van der Waals surface area contributed by atoms with Gasteiger partial charge in [-0.1, -0.05) is 12.8 Å². The molecule has 7 nitrogen and oxygen atoms in total. The molecule has 2 heterocycles. The van der Waals surface area contributed by atoms with Crippen LogP contribution in [0.25, 0.3) is 12.2 Å². The van der Waals surface area contributed by atoms with E-state index >= 15 is 0 Å². The molecule has 214 valence electrons. The number of phenols is 2. The minimum absolute atomic E-state index is 0.0363. The number of phenolic OH excluding ortho intramolecular Hbond substituents is 2. The fourth-order valence-electron chi connectivity index (χ4n) is 6.19. The number of benzene rings is 2. The van der Waals surface area contributed by atoms with Gasteiger partial charge in [-0.3, -0.25) is 14.6 Å². The van der Waals surface area contributed by atoms with E-state index in [0.29, 0.717) is 37.4 Å². The summed E-state index contributed by atoms with van der Waals surface area (Å²) < 4.78 is 10.9. The van der Waals surface area contributed by atoms with E-state index in [1.807, 2.05) is 24.3 Å². The van der Waals surface area contributed by atoms with Crippen molar-refractivity contribution >= 4 is 17.9 Å². The molecule has 2 aliphatic heterocycles. The molecule has 0 radical (unpaired) electrons. The minimum Gasteiger partial charge on any atom is -0.504 e. The molecule has 40 heavy (non-hydrogen) atoms. The predicted octanol–water partition coefficient (Wildman–Crippen LogP) is 5.92. The number of rotatable bonds is 8. The number of likely N-dealkylation sites (tertiary alicyclic amines) is 2. The van der Waals surface area contributed by atoms with E-state index in [1.54, 1.807) is 26.4 Å². The van der Waals surface area contributed by atoms with Crippen LogP contribution in [0.1, 0.15) is 73.6 Å². The fourth-order valence-corrected chi connectivity index (χ4v) is 6.19. The van der Waals surface area contributed by atoms with Crippen molar-refractivity contribution in [3.63, 3.8) is 0 Å². The summed E-state index contributed by atoms with van der Waals surface area (Å²) in [5, 5.41) is 21.5. The largest absolute Gasteiger partial charge is 0.504 e. The molecule has 3 fully saturated rings. The zero-order valence-electron chi connectivity index (χ0n) is 23.9. The number of hydrogen-bond acceptors (Lipinski definition) is 7. The first-order chi connectivity index (χ1) is 19.4. The molecule has 3 aliphatic rings. The third-order valence-electron chi connectivity index (χ3n) is 8.41. The quantitative estimate of drug-likeness (QED) is 0.398. The molecule has 2 saturated heterocycles. The number of methoxy groups -OCH3 is 2. The second kappa shape index (κ2) is 12.9. The molecule has 0 atom stereocenters. The van der Waals surface area contributed by atoms with Crippen molar-refractivity contribution in [2.45, 2.75) is 64.5 Å². The van der Waals surface area contributed by atoms with Crippen LogP contribution in [0.15, 0.2) is 35.4 Å². The first-order valence-corrected chi connectivity index (χ1v) is 14.7. The minimum atomic E-state index is 0.0363. The molecule has 0 amide bonds.